The lowest BCUT2D eigenvalue weighted by Crippen LogP contribution is -2.41. The van der Waals surface area contributed by atoms with Crippen molar-refractivity contribution in [1.82, 2.24) is 5.32 Å². The first-order chi connectivity index (χ1) is 11.2. The number of benzene rings is 1. The van der Waals surface area contributed by atoms with Gasteiger partial charge in [-0.25, -0.2) is 0 Å². The van der Waals surface area contributed by atoms with E-state index in [-0.39, 0.29) is 18.0 Å². The Balaban J connectivity index is 1.93. The van der Waals surface area contributed by atoms with Gasteiger partial charge in [0.2, 0.25) is 6.79 Å². The molecular weight excluding hydrogens is 328 g/mol. The number of likely N-dealkylation sites (N-methyl/N-ethyl adjacent to an activating group) is 1. The first-order valence-corrected chi connectivity index (χ1v) is 8.41. The van der Waals surface area contributed by atoms with Crippen LogP contribution in [0, 0.1) is 0 Å². The van der Waals surface area contributed by atoms with Crippen molar-refractivity contribution in [3.8, 4) is 11.5 Å². The Labute approximate surface area is 148 Å². The molecule has 0 saturated carbocycles. The minimum Gasteiger partial charge on any atom is -0.454 e. The number of halogens is 1. The second-order valence-corrected chi connectivity index (χ2v) is 7.47. The van der Waals surface area contributed by atoms with Crippen LogP contribution in [-0.4, -0.2) is 38.7 Å². The number of nitrogens with one attached hydrogen (secondary N) is 1. The van der Waals surface area contributed by atoms with Gasteiger partial charge in [0.05, 0.1) is 16.2 Å². The highest BCUT2D eigenvalue weighted by atomic mass is 35.5. The molecule has 1 aromatic rings. The maximum atomic E-state index is 6.39. The lowest BCUT2D eigenvalue weighted by molar-refractivity contribution is 0.00578. The first-order valence-electron chi connectivity index (χ1n) is 8.03. The number of hydrogen-bond donors (Lipinski definition) is 1. The van der Waals surface area contributed by atoms with Gasteiger partial charge in [-0.2, -0.15) is 0 Å². The van der Waals surface area contributed by atoms with Crippen molar-refractivity contribution in [3.05, 3.63) is 28.2 Å². The molecule has 0 aliphatic carbocycles. The Kier molecular flexibility index (Phi) is 4.60. The Morgan fingerprint density at radius 1 is 1.17 bits per heavy atom. The molecular formula is C17H23BClNO4. The zero-order valence-corrected chi connectivity index (χ0v) is 15.5. The summed E-state index contributed by atoms with van der Waals surface area (Å²) in [6, 6.07) is 3.66. The minimum atomic E-state index is -0.427. The molecule has 2 aliphatic rings. The minimum absolute atomic E-state index is 0.222. The van der Waals surface area contributed by atoms with E-state index in [1.54, 1.807) is 6.07 Å². The lowest BCUT2D eigenvalue weighted by atomic mass is 9.77. The van der Waals surface area contributed by atoms with E-state index in [4.69, 9.17) is 30.4 Å². The molecule has 1 fully saturated rings. The topological polar surface area (TPSA) is 49.0 Å². The lowest BCUT2D eigenvalue weighted by Gasteiger charge is -2.32. The largest absolute Gasteiger partial charge is 0.491 e. The van der Waals surface area contributed by atoms with Crippen molar-refractivity contribution in [2.45, 2.75) is 38.9 Å². The second-order valence-electron chi connectivity index (χ2n) is 7.06. The molecule has 7 heteroatoms. The molecule has 0 spiro atoms. The number of rotatable bonds is 4. The Morgan fingerprint density at radius 2 is 1.75 bits per heavy atom. The molecule has 2 aliphatic heterocycles. The van der Waals surface area contributed by atoms with Gasteiger partial charge in [-0.15, -0.1) is 0 Å². The SMILES string of the molecule is CNCC(=Cc1cc2c(cc1Cl)OCO2)B1OC(C)(C)C(C)(C)O1. The Bertz CT molecular complexity index is 659. The van der Waals surface area contributed by atoms with E-state index in [2.05, 4.69) is 5.32 Å². The van der Waals surface area contributed by atoms with E-state index in [1.807, 2.05) is 46.9 Å². The zero-order valence-electron chi connectivity index (χ0n) is 14.7. The fourth-order valence-electron chi connectivity index (χ4n) is 2.64. The summed E-state index contributed by atoms with van der Waals surface area (Å²) in [5, 5.41) is 3.77. The number of fused-ring (bicyclic) bond motifs is 1. The summed E-state index contributed by atoms with van der Waals surface area (Å²) in [6.45, 7) is 9.01. The van der Waals surface area contributed by atoms with Crippen molar-refractivity contribution in [3.63, 3.8) is 0 Å². The molecule has 0 bridgehead atoms. The molecule has 24 heavy (non-hydrogen) atoms. The summed E-state index contributed by atoms with van der Waals surface area (Å²) in [5.41, 5.74) is 1.05. The molecule has 1 saturated heterocycles. The molecule has 3 rings (SSSR count). The van der Waals surface area contributed by atoms with Gasteiger partial charge in [0.15, 0.2) is 11.5 Å². The van der Waals surface area contributed by atoms with Crippen LogP contribution in [-0.2, 0) is 9.31 Å². The Hall–Kier alpha value is -1.21. The molecule has 0 atom stereocenters. The van der Waals surface area contributed by atoms with E-state index in [0.29, 0.717) is 23.1 Å². The second kappa shape index (κ2) is 6.26. The van der Waals surface area contributed by atoms with Crippen molar-refractivity contribution in [1.29, 1.82) is 0 Å². The number of ether oxygens (including phenoxy) is 2. The maximum Gasteiger partial charge on any atom is 0.491 e. The van der Waals surface area contributed by atoms with Gasteiger partial charge in [-0.3, -0.25) is 0 Å². The van der Waals surface area contributed by atoms with Crippen LogP contribution in [0.3, 0.4) is 0 Å². The van der Waals surface area contributed by atoms with Crippen LogP contribution >= 0.6 is 11.6 Å². The predicted molar refractivity (Wildman–Crippen MR) is 95.6 cm³/mol. The standard InChI is InChI=1S/C17H23BClNO4/c1-16(2)17(3,4)24-18(23-16)12(9-20-5)6-11-7-14-15(8-13(11)19)22-10-21-14/h6-8,20H,9-10H2,1-5H3. The third kappa shape index (κ3) is 3.16. The van der Waals surface area contributed by atoms with Gasteiger partial charge in [-0.05, 0) is 51.8 Å². The number of hydrogen-bond acceptors (Lipinski definition) is 5. The van der Waals surface area contributed by atoms with Crippen LogP contribution in [0.15, 0.2) is 17.6 Å². The third-order valence-electron chi connectivity index (χ3n) is 4.77. The fourth-order valence-corrected chi connectivity index (χ4v) is 2.85. The van der Waals surface area contributed by atoms with Gasteiger partial charge in [0.1, 0.15) is 0 Å². The average Bonchev–Trinajstić information content (AvgIpc) is 3.00. The van der Waals surface area contributed by atoms with Gasteiger partial charge < -0.3 is 24.1 Å². The molecule has 0 amide bonds. The van der Waals surface area contributed by atoms with Crippen LogP contribution in [0.1, 0.15) is 33.3 Å². The summed E-state index contributed by atoms with van der Waals surface area (Å²) in [4.78, 5) is 0. The van der Waals surface area contributed by atoms with Crippen molar-refractivity contribution in [2.75, 3.05) is 20.4 Å². The molecule has 0 aromatic heterocycles. The van der Waals surface area contributed by atoms with Crippen LogP contribution < -0.4 is 14.8 Å². The monoisotopic (exact) mass is 351 g/mol. The van der Waals surface area contributed by atoms with E-state index in [0.717, 1.165) is 11.0 Å². The zero-order chi connectivity index (χ0) is 17.5. The highest BCUT2D eigenvalue weighted by molar-refractivity contribution is 6.56. The summed E-state index contributed by atoms with van der Waals surface area (Å²) < 4.78 is 23.1. The smallest absolute Gasteiger partial charge is 0.454 e. The van der Waals surface area contributed by atoms with Gasteiger partial charge in [-0.1, -0.05) is 17.7 Å². The van der Waals surface area contributed by atoms with Gasteiger partial charge in [0, 0.05) is 12.6 Å². The third-order valence-corrected chi connectivity index (χ3v) is 5.10. The van der Waals surface area contributed by atoms with Gasteiger partial charge >= 0.3 is 7.12 Å². The van der Waals surface area contributed by atoms with Crippen molar-refractivity contribution >= 4 is 24.8 Å². The summed E-state index contributed by atoms with van der Waals surface area (Å²) >= 11 is 6.39. The van der Waals surface area contributed by atoms with E-state index < -0.39 is 7.12 Å². The van der Waals surface area contributed by atoms with Crippen LogP contribution in [0.25, 0.3) is 6.08 Å². The fraction of sp³-hybridized carbons (Fsp3) is 0.529. The van der Waals surface area contributed by atoms with Crippen LogP contribution in [0.2, 0.25) is 5.02 Å². The summed E-state index contributed by atoms with van der Waals surface area (Å²) in [6.07, 6.45) is 1.99. The molecule has 2 heterocycles. The van der Waals surface area contributed by atoms with E-state index in [1.165, 1.54) is 0 Å². The Morgan fingerprint density at radius 3 is 2.33 bits per heavy atom. The highest BCUT2D eigenvalue weighted by Gasteiger charge is 2.52. The summed E-state index contributed by atoms with van der Waals surface area (Å²) in [5.74, 6) is 1.37. The molecule has 1 aromatic carbocycles. The normalized spacial score (nSPS) is 21.4. The highest BCUT2D eigenvalue weighted by Crippen LogP contribution is 2.40. The van der Waals surface area contributed by atoms with Crippen molar-refractivity contribution < 1.29 is 18.8 Å². The van der Waals surface area contributed by atoms with E-state index >= 15 is 0 Å². The van der Waals surface area contributed by atoms with E-state index in [9.17, 15) is 0 Å². The quantitative estimate of drug-likeness (QED) is 0.844. The average molecular weight is 352 g/mol. The van der Waals surface area contributed by atoms with Crippen LogP contribution in [0.5, 0.6) is 11.5 Å². The molecule has 5 nitrogen and oxygen atoms in total. The molecule has 0 radical (unpaired) electrons. The van der Waals surface area contributed by atoms with Crippen LogP contribution in [0.4, 0.5) is 0 Å². The molecule has 130 valence electrons. The maximum absolute atomic E-state index is 6.39. The predicted octanol–water partition coefficient (Wildman–Crippen LogP) is 3.30. The molecule has 0 unspecified atom stereocenters. The summed E-state index contributed by atoms with van der Waals surface area (Å²) in [7, 11) is 1.46. The van der Waals surface area contributed by atoms with Crippen molar-refractivity contribution in [2.24, 2.45) is 0 Å². The molecule has 1 N–H and O–H groups in total. The van der Waals surface area contributed by atoms with Gasteiger partial charge in [0.25, 0.3) is 0 Å². The first kappa shape index (κ1) is 17.6.